The monoisotopic (exact) mass is 241 g/mol. The van der Waals surface area contributed by atoms with Gasteiger partial charge in [0.2, 0.25) is 0 Å². The van der Waals surface area contributed by atoms with Crippen LogP contribution in [0.2, 0.25) is 0 Å². The number of halogens is 3. The van der Waals surface area contributed by atoms with Crippen LogP contribution in [0.1, 0.15) is 11.1 Å². The molecule has 0 aliphatic carbocycles. The van der Waals surface area contributed by atoms with Crippen LogP contribution >= 0.6 is 0 Å². The van der Waals surface area contributed by atoms with E-state index in [4.69, 9.17) is 5.73 Å². The Morgan fingerprint density at radius 2 is 2.06 bits per heavy atom. The predicted molar refractivity (Wildman–Crippen MR) is 57.2 cm³/mol. The fraction of sp³-hybridized carbons (Fsp3) is 0.182. The fourth-order valence-electron chi connectivity index (χ4n) is 1.49. The van der Waals surface area contributed by atoms with Gasteiger partial charge in [-0.1, -0.05) is 6.07 Å². The largest absolute Gasteiger partial charge is 0.416 e. The third-order valence-electron chi connectivity index (χ3n) is 2.39. The molecular weight excluding hydrogens is 231 g/mol. The highest BCUT2D eigenvalue weighted by Gasteiger charge is 2.30. The van der Waals surface area contributed by atoms with E-state index in [0.29, 0.717) is 12.1 Å². The molecule has 6 heteroatoms. The summed E-state index contributed by atoms with van der Waals surface area (Å²) in [6.07, 6.45) is 0.538. The minimum absolute atomic E-state index is 0.133. The standard InChI is InChI=1S/C11H10F3N3/c12-11(13,14)9-2-1-8(10(15)5-9)6-17-4-3-16-7-17/h1-5,7H,6,15H2. The summed E-state index contributed by atoms with van der Waals surface area (Å²) in [6, 6.07) is 3.37. The van der Waals surface area contributed by atoms with Crippen LogP contribution in [0.4, 0.5) is 18.9 Å². The lowest BCUT2D eigenvalue weighted by molar-refractivity contribution is -0.137. The smallest absolute Gasteiger partial charge is 0.398 e. The lowest BCUT2D eigenvalue weighted by atomic mass is 10.1. The molecule has 0 radical (unpaired) electrons. The summed E-state index contributed by atoms with van der Waals surface area (Å²) in [5.41, 5.74) is 5.64. The normalized spacial score (nSPS) is 11.7. The van der Waals surface area contributed by atoms with Crippen molar-refractivity contribution in [3.8, 4) is 0 Å². The molecule has 1 aromatic carbocycles. The van der Waals surface area contributed by atoms with Gasteiger partial charge in [0.25, 0.3) is 0 Å². The van der Waals surface area contributed by atoms with Crippen molar-refractivity contribution >= 4 is 5.69 Å². The Morgan fingerprint density at radius 3 is 2.59 bits per heavy atom. The Labute approximate surface area is 95.7 Å². The summed E-state index contributed by atoms with van der Waals surface area (Å²) >= 11 is 0. The van der Waals surface area contributed by atoms with Crippen molar-refractivity contribution in [1.29, 1.82) is 0 Å². The highest BCUT2D eigenvalue weighted by Crippen LogP contribution is 2.31. The quantitative estimate of drug-likeness (QED) is 0.821. The molecule has 3 nitrogen and oxygen atoms in total. The lowest BCUT2D eigenvalue weighted by Gasteiger charge is -2.11. The molecule has 1 aromatic heterocycles. The van der Waals surface area contributed by atoms with E-state index in [2.05, 4.69) is 4.98 Å². The van der Waals surface area contributed by atoms with Gasteiger partial charge in [-0.25, -0.2) is 4.98 Å². The first-order valence-electron chi connectivity index (χ1n) is 4.88. The minimum atomic E-state index is -4.36. The Bertz CT molecular complexity index is 503. The predicted octanol–water partition coefficient (Wildman–Crippen LogP) is 2.53. The van der Waals surface area contributed by atoms with Gasteiger partial charge in [0.15, 0.2) is 0 Å². The second-order valence-electron chi connectivity index (χ2n) is 3.65. The molecule has 0 atom stereocenters. The second-order valence-corrected chi connectivity index (χ2v) is 3.65. The van der Waals surface area contributed by atoms with Gasteiger partial charge in [0.05, 0.1) is 18.4 Å². The van der Waals surface area contributed by atoms with Crippen molar-refractivity contribution < 1.29 is 13.2 Å². The number of rotatable bonds is 2. The summed E-state index contributed by atoms with van der Waals surface area (Å²) < 4.78 is 39.0. The molecule has 0 aliphatic heterocycles. The van der Waals surface area contributed by atoms with E-state index in [-0.39, 0.29) is 5.69 Å². The van der Waals surface area contributed by atoms with Crippen LogP contribution in [0.25, 0.3) is 0 Å². The van der Waals surface area contributed by atoms with Crippen LogP contribution in [0.5, 0.6) is 0 Å². The summed E-state index contributed by atoms with van der Waals surface area (Å²) in [5, 5.41) is 0. The molecule has 2 aromatic rings. The van der Waals surface area contributed by atoms with Crippen LogP contribution in [-0.2, 0) is 12.7 Å². The molecule has 0 saturated heterocycles. The van der Waals surface area contributed by atoms with Gasteiger partial charge in [0.1, 0.15) is 0 Å². The first kappa shape index (κ1) is 11.5. The molecule has 0 saturated carbocycles. The van der Waals surface area contributed by atoms with Gasteiger partial charge in [0, 0.05) is 18.1 Å². The van der Waals surface area contributed by atoms with Crippen LogP contribution in [0.15, 0.2) is 36.9 Å². The van der Waals surface area contributed by atoms with Crippen molar-refractivity contribution in [3.05, 3.63) is 48.0 Å². The molecule has 0 fully saturated rings. The maximum atomic E-state index is 12.4. The van der Waals surface area contributed by atoms with Crippen molar-refractivity contribution in [1.82, 2.24) is 9.55 Å². The Morgan fingerprint density at radius 1 is 1.29 bits per heavy atom. The van der Waals surface area contributed by atoms with Crippen molar-refractivity contribution in [2.24, 2.45) is 0 Å². The van der Waals surface area contributed by atoms with Crippen LogP contribution < -0.4 is 5.73 Å². The molecule has 2 rings (SSSR count). The number of aromatic nitrogens is 2. The highest BCUT2D eigenvalue weighted by atomic mass is 19.4. The summed E-state index contributed by atoms with van der Waals surface area (Å²) in [7, 11) is 0. The maximum Gasteiger partial charge on any atom is 0.416 e. The third kappa shape index (κ3) is 2.58. The van der Waals surface area contributed by atoms with Crippen LogP contribution in [-0.4, -0.2) is 9.55 Å². The van der Waals surface area contributed by atoms with Crippen molar-refractivity contribution in [3.63, 3.8) is 0 Å². The number of hydrogen-bond acceptors (Lipinski definition) is 2. The molecule has 0 unspecified atom stereocenters. The van der Waals surface area contributed by atoms with E-state index in [1.54, 1.807) is 23.3 Å². The van der Waals surface area contributed by atoms with Gasteiger partial charge in [-0.2, -0.15) is 13.2 Å². The van der Waals surface area contributed by atoms with Gasteiger partial charge < -0.3 is 10.3 Å². The zero-order valence-corrected chi connectivity index (χ0v) is 8.78. The summed E-state index contributed by atoms with van der Waals surface area (Å²) in [4.78, 5) is 3.85. The summed E-state index contributed by atoms with van der Waals surface area (Å²) in [5.74, 6) is 0. The Kier molecular flexibility index (Phi) is 2.79. The van der Waals surface area contributed by atoms with Gasteiger partial charge in [-0.15, -0.1) is 0 Å². The number of benzene rings is 1. The number of imidazole rings is 1. The molecule has 90 valence electrons. The average Bonchev–Trinajstić information content (AvgIpc) is 2.72. The molecule has 1 heterocycles. The van der Waals surface area contributed by atoms with E-state index in [0.717, 1.165) is 12.1 Å². The average molecular weight is 241 g/mol. The molecule has 2 N–H and O–H groups in total. The second kappa shape index (κ2) is 4.12. The van der Waals surface area contributed by atoms with Gasteiger partial charge >= 0.3 is 6.18 Å². The number of hydrogen-bond donors (Lipinski definition) is 1. The molecule has 0 amide bonds. The Balaban J connectivity index is 2.26. The number of anilines is 1. The van der Waals surface area contributed by atoms with E-state index in [9.17, 15) is 13.2 Å². The molecule has 0 aliphatic rings. The third-order valence-corrected chi connectivity index (χ3v) is 2.39. The Hall–Kier alpha value is -1.98. The number of alkyl halides is 3. The molecule has 0 bridgehead atoms. The highest BCUT2D eigenvalue weighted by molar-refractivity contribution is 5.49. The van der Waals surface area contributed by atoms with Crippen molar-refractivity contribution in [2.45, 2.75) is 12.7 Å². The topological polar surface area (TPSA) is 43.8 Å². The van der Waals surface area contributed by atoms with Crippen LogP contribution in [0, 0.1) is 0 Å². The zero-order chi connectivity index (χ0) is 12.5. The number of nitrogens with zero attached hydrogens (tertiary/aromatic N) is 2. The molecule has 17 heavy (non-hydrogen) atoms. The number of nitrogens with two attached hydrogens (primary N) is 1. The van der Waals surface area contributed by atoms with E-state index >= 15 is 0 Å². The SMILES string of the molecule is Nc1cc(C(F)(F)F)ccc1Cn1ccnc1. The maximum absolute atomic E-state index is 12.4. The van der Waals surface area contributed by atoms with Gasteiger partial charge in [-0.05, 0) is 17.7 Å². The van der Waals surface area contributed by atoms with E-state index < -0.39 is 11.7 Å². The lowest BCUT2D eigenvalue weighted by Crippen LogP contribution is -2.08. The zero-order valence-electron chi connectivity index (χ0n) is 8.78. The fourth-order valence-corrected chi connectivity index (χ4v) is 1.49. The van der Waals surface area contributed by atoms with Crippen molar-refractivity contribution in [2.75, 3.05) is 5.73 Å². The summed E-state index contributed by atoms with van der Waals surface area (Å²) in [6.45, 7) is 0.407. The first-order valence-corrected chi connectivity index (χ1v) is 4.88. The molecule has 0 spiro atoms. The van der Waals surface area contributed by atoms with E-state index in [1.807, 2.05) is 0 Å². The first-order chi connectivity index (χ1) is 7.97. The van der Waals surface area contributed by atoms with E-state index in [1.165, 1.54) is 6.07 Å². The van der Waals surface area contributed by atoms with Crippen LogP contribution in [0.3, 0.4) is 0 Å². The van der Waals surface area contributed by atoms with Gasteiger partial charge in [-0.3, -0.25) is 0 Å². The number of nitrogen functional groups attached to an aromatic ring is 1. The minimum Gasteiger partial charge on any atom is -0.398 e. The molecular formula is C11H10F3N3.